The Hall–Kier alpha value is -2.60. The van der Waals surface area contributed by atoms with Crippen LogP contribution in [0.3, 0.4) is 0 Å². The number of likely N-dealkylation sites (tertiary alicyclic amines) is 1. The minimum Gasteiger partial charge on any atom is -0.481 e. The molecule has 1 aromatic heterocycles. The Morgan fingerprint density at radius 1 is 1.15 bits per heavy atom. The average Bonchev–Trinajstić information content (AvgIpc) is 3.26. The molecular formula is C21H29N5O. The van der Waals surface area contributed by atoms with Crippen molar-refractivity contribution < 1.29 is 4.74 Å². The molecule has 1 aliphatic heterocycles. The summed E-state index contributed by atoms with van der Waals surface area (Å²) in [5.41, 5.74) is 2.35. The van der Waals surface area contributed by atoms with Crippen molar-refractivity contribution in [3.05, 3.63) is 59.8 Å². The number of aliphatic imine (C=N–C) groups is 1. The number of rotatable bonds is 7. The van der Waals surface area contributed by atoms with E-state index in [9.17, 15) is 0 Å². The van der Waals surface area contributed by atoms with Gasteiger partial charge < -0.3 is 15.4 Å². The van der Waals surface area contributed by atoms with Gasteiger partial charge in [0.1, 0.15) is 0 Å². The van der Waals surface area contributed by atoms with E-state index in [0.29, 0.717) is 18.5 Å². The molecule has 1 aliphatic rings. The fraction of sp³-hybridized carbons (Fsp3) is 0.429. The van der Waals surface area contributed by atoms with Crippen molar-refractivity contribution >= 4 is 5.96 Å². The predicted molar refractivity (Wildman–Crippen MR) is 109 cm³/mol. The number of aromatic nitrogens is 1. The van der Waals surface area contributed by atoms with Gasteiger partial charge in [0, 0.05) is 31.9 Å². The average molecular weight is 367 g/mol. The van der Waals surface area contributed by atoms with Crippen LogP contribution in [0.4, 0.5) is 0 Å². The number of ether oxygens (including phenoxy) is 1. The van der Waals surface area contributed by atoms with E-state index >= 15 is 0 Å². The molecule has 1 fully saturated rings. The highest BCUT2D eigenvalue weighted by Crippen LogP contribution is 2.24. The Morgan fingerprint density at radius 3 is 2.63 bits per heavy atom. The van der Waals surface area contributed by atoms with Gasteiger partial charge in [-0.05, 0) is 37.6 Å². The number of benzene rings is 1. The van der Waals surface area contributed by atoms with Crippen LogP contribution in [0.2, 0.25) is 0 Å². The van der Waals surface area contributed by atoms with Crippen molar-refractivity contribution in [3.63, 3.8) is 0 Å². The Morgan fingerprint density at radius 2 is 1.93 bits per heavy atom. The van der Waals surface area contributed by atoms with E-state index in [4.69, 9.17) is 4.74 Å². The van der Waals surface area contributed by atoms with Gasteiger partial charge in [-0.25, -0.2) is 4.98 Å². The molecule has 0 spiro atoms. The third-order valence-electron chi connectivity index (χ3n) is 4.94. The third-order valence-corrected chi connectivity index (χ3v) is 4.94. The van der Waals surface area contributed by atoms with E-state index in [1.165, 1.54) is 18.4 Å². The summed E-state index contributed by atoms with van der Waals surface area (Å²) in [7, 11) is 3.43. The molecule has 6 nitrogen and oxygen atoms in total. The molecule has 27 heavy (non-hydrogen) atoms. The van der Waals surface area contributed by atoms with E-state index in [2.05, 4.69) is 55.8 Å². The lowest BCUT2D eigenvalue weighted by atomic mass is 10.1. The van der Waals surface area contributed by atoms with Gasteiger partial charge in [0.25, 0.3) is 0 Å². The first-order valence-electron chi connectivity index (χ1n) is 9.53. The third kappa shape index (κ3) is 5.20. The Bertz CT molecular complexity index is 728. The lowest BCUT2D eigenvalue weighted by Crippen LogP contribution is -2.42. The molecule has 0 saturated carbocycles. The van der Waals surface area contributed by atoms with E-state index < -0.39 is 0 Å². The van der Waals surface area contributed by atoms with Crippen LogP contribution in [0.1, 0.15) is 30.0 Å². The maximum absolute atomic E-state index is 5.32. The van der Waals surface area contributed by atoms with E-state index in [-0.39, 0.29) is 0 Å². The first kappa shape index (κ1) is 19.2. The van der Waals surface area contributed by atoms with Crippen molar-refractivity contribution in [2.45, 2.75) is 25.4 Å². The van der Waals surface area contributed by atoms with Crippen molar-refractivity contribution in [3.8, 4) is 5.88 Å². The number of nitrogens with one attached hydrogen (secondary N) is 2. The van der Waals surface area contributed by atoms with Crippen molar-refractivity contribution in [2.24, 2.45) is 4.99 Å². The molecular weight excluding hydrogens is 338 g/mol. The summed E-state index contributed by atoms with van der Waals surface area (Å²) < 4.78 is 5.32. The molecule has 6 heteroatoms. The molecule has 1 atom stereocenters. The molecule has 1 saturated heterocycles. The van der Waals surface area contributed by atoms with Crippen LogP contribution < -0.4 is 15.4 Å². The van der Waals surface area contributed by atoms with Crippen LogP contribution in [-0.4, -0.2) is 49.6 Å². The van der Waals surface area contributed by atoms with Gasteiger partial charge in [-0.1, -0.05) is 36.4 Å². The summed E-state index contributed by atoms with van der Waals surface area (Å²) in [4.78, 5) is 11.2. The Balaban J connectivity index is 1.61. The molecule has 0 aliphatic carbocycles. The van der Waals surface area contributed by atoms with Crippen molar-refractivity contribution in [1.29, 1.82) is 0 Å². The maximum atomic E-state index is 5.32. The highest BCUT2D eigenvalue weighted by molar-refractivity contribution is 5.79. The molecule has 144 valence electrons. The first-order chi connectivity index (χ1) is 13.3. The smallest absolute Gasteiger partial charge is 0.218 e. The van der Waals surface area contributed by atoms with Crippen LogP contribution in [0.15, 0.2) is 53.7 Å². The number of pyridine rings is 1. The standard InChI is InChI=1S/C21H29N5O/c1-22-21(24-15-18-11-8-12-23-20(18)27-2)25-16-19(26-13-6-7-14-26)17-9-4-3-5-10-17/h3-5,8-12,19H,6-7,13-16H2,1-2H3,(H2,22,24,25). The molecule has 2 heterocycles. The van der Waals surface area contributed by atoms with Gasteiger partial charge in [-0.15, -0.1) is 0 Å². The highest BCUT2D eigenvalue weighted by atomic mass is 16.5. The second-order valence-corrected chi connectivity index (χ2v) is 6.65. The number of guanidine groups is 1. The normalized spacial score (nSPS) is 16.1. The topological polar surface area (TPSA) is 61.8 Å². The summed E-state index contributed by atoms with van der Waals surface area (Å²) in [5, 5.41) is 6.85. The molecule has 2 aromatic rings. The number of hydrogen-bond acceptors (Lipinski definition) is 4. The first-order valence-corrected chi connectivity index (χ1v) is 9.53. The maximum Gasteiger partial charge on any atom is 0.218 e. The monoisotopic (exact) mass is 367 g/mol. The summed E-state index contributed by atoms with van der Waals surface area (Å²) in [6.45, 7) is 3.73. The zero-order valence-electron chi connectivity index (χ0n) is 16.2. The molecule has 1 unspecified atom stereocenters. The summed E-state index contributed by atoms with van der Waals surface area (Å²) in [5.74, 6) is 1.42. The van der Waals surface area contributed by atoms with Crippen molar-refractivity contribution in [2.75, 3.05) is 33.8 Å². The summed E-state index contributed by atoms with van der Waals surface area (Å²) >= 11 is 0. The minimum atomic E-state index is 0.347. The van der Waals surface area contributed by atoms with Gasteiger partial charge in [-0.2, -0.15) is 0 Å². The second-order valence-electron chi connectivity index (χ2n) is 6.65. The van der Waals surface area contributed by atoms with E-state index in [0.717, 1.165) is 31.2 Å². The number of hydrogen-bond donors (Lipinski definition) is 2. The van der Waals surface area contributed by atoms with Gasteiger partial charge in [0.05, 0.1) is 13.2 Å². The van der Waals surface area contributed by atoms with Crippen LogP contribution in [0, 0.1) is 0 Å². The van der Waals surface area contributed by atoms with E-state index in [1.807, 2.05) is 12.1 Å². The lowest BCUT2D eigenvalue weighted by Gasteiger charge is -2.29. The Kier molecular flexibility index (Phi) is 7.04. The molecule has 2 N–H and O–H groups in total. The minimum absolute atomic E-state index is 0.347. The van der Waals surface area contributed by atoms with Gasteiger partial charge in [0.2, 0.25) is 5.88 Å². The van der Waals surface area contributed by atoms with Gasteiger partial charge in [0.15, 0.2) is 5.96 Å². The summed E-state index contributed by atoms with van der Waals surface area (Å²) in [6.07, 6.45) is 4.28. The van der Waals surface area contributed by atoms with Crippen LogP contribution in [0.25, 0.3) is 0 Å². The SMILES string of the molecule is CN=C(NCc1cccnc1OC)NCC(c1ccccc1)N1CCCC1. The fourth-order valence-corrected chi connectivity index (χ4v) is 3.52. The molecule has 0 radical (unpaired) electrons. The molecule has 3 rings (SSSR count). The lowest BCUT2D eigenvalue weighted by molar-refractivity contribution is 0.245. The van der Waals surface area contributed by atoms with Crippen LogP contribution in [0.5, 0.6) is 5.88 Å². The quantitative estimate of drug-likeness (QED) is 0.582. The highest BCUT2D eigenvalue weighted by Gasteiger charge is 2.23. The zero-order valence-corrected chi connectivity index (χ0v) is 16.2. The van der Waals surface area contributed by atoms with Crippen molar-refractivity contribution in [1.82, 2.24) is 20.5 Å². The number of nitrogens with zero attached hydrogens (tertiary/aromatic N) is 3. The van der Waals surface area contributed by atoms with Crippen LogP contribution in [-0.2, 0) is 6.54 Å². The molecule has 0 amide bonds. The second kappa shape index (κ2) is 9.92. The predicted octanol–water partition coefficient (Wildman–Crippen LogP) is 2.59. The number of methoxy groups -OCH3 is 1. The summed E-state index contributed by atoms with van der Waals surface area (Å²) in [6, 6.07) is 15.0. The molecule has 0 bridgehead atoms. The van der Waals surface area contributed by atoms with Gasteiger partial charge >= 0.3 is 0 Å². The zero-order chi connectivity index (χ0) is 18.9. The van der Waals surface area contributed by atoms with E-state index in [1.54, 1.807) is 20.4 Å². The largest absolute Gasteiger partial charge is 0.481 e. The van der Waals surface area contributed by atoms with Crippen LogP contribution >= 0.6 is 0 Å². The van der Waals surface area contributed by atoms with Gasteiger partial charge in [-0.3, -0.25) is 9.89 Å². The Labute approximate surface area is 161 Å². The fourth-order valence-electron chi connectivity index (χ4n) is 3.52. The molecule has 1 aromatic carbocycles.